The monoisotopic (exact) mass is 359 g/mol. The maximum Gasteiger partial charge on any atom is 0.400 e. The van der Waals surface area contributed by atoms with E-state index in [4.69, 9.17) is 22.5 Å². The lowest BCUT2D eigenvalue weighted by molar-refractivity contribution is -0.152. The van der Waals surface area contributed by atoms with E-state index in [9.17, 15) is 13.2 Å². The van der Waals surface area contributed by atoms with Crippen LogP contribution >= 0.6 is 27.5 Å². The topological polar surface area (TPSA) is 70.6 Å². The third-order valence-corrected chi connectivity index (χ3v) is 3.12. The smallest absolute Gasteiger partial charge is 0.400 e. The van der Waals surface area contributed by atoms with Gasteiger partial charge in [-0.3, -0.25) is 0 Å². The highest BCUT2D eigenvalue weighted by molar-refractivity contribution is 9.10. The normalized spacial score (nSPS) is 14.3. The molecule has 9 heteroatoms. The van der Waals surface area contributed by atoms with Gasteiger partial charge in [0.25, 0.3) is 0 Å². The minimum atomic E-state index is -4.62. The van der Waals surface area contributed by atoms with Crippen LogP contribution in [0.5, 0.6) is 0 Å². The third-order valence-electron chi connectivity index (χ3n) is 2.29. The summed E-state index contributed by atoms with van der Waals surface area (Å²) in [6.07, 6.45) is -4.62. The molecule has 1 atom stereocenters. The van der Waals surface area contributed by atoms with Crippen molar-refractivity contribution >= 4 is 39.1 Å². The lowest BCUT2D eigenvalue weighted by Gasteiger charge is -2.20. The summed E-state index contributed by atoms with van der Waals surface area (Å²) in [4.78, 5) is 0. The van der Waals surface area contributed by atoms with Crippen molar-refractivity contribution in [1.29, 1.82) is 0 Å². The fourth-order valence-electron chi connectivity index (χ4n) is 1.30. The van der Waals surface area contributed by atoms with E-state index < -0.39 is 24.5 Å². The van der Waals surface area contributed by atoms with Crippen LogP contribution in [0.4, 0.5) is 18.9 Å². The Morgan fingerprint density at radius 3 is 2.68 bits per heavy atom. The first-order valence-electron chi connectivity index (χ1n) is 4.98. The molecule has 0 amide bonds. The second-order valence-corrected chi connectivity index (χ2v) is 4.95. The second kappa shape index (κ2) is 6.33. The van der Waals surface area contributed by atoms with Crippen LogP contribution in [0.2, 0.25) is 5.02 Å². The number of alkyl halides is 3. The average molecular weight is 361 g/mol. The highest BCUT2D eigenvalue weighted by Gasteiger charge is 2.42. The number of nitrogens with two attached hydrogens (primary N) is 1. The maximum absolute atomic E-state index is 12.7. The number of rotatable bonds is 4. The van der Waals surface area contributed by atoms with E-state index in [0.29, 0.717) is 10.2 Å². The van der Waals surface area contributed by atoms with E-state index in [2.05, 4.69) is 26.4 Å². The molecule has 1 rings (SSSR count). The minimum absolute atomic E-state index is 0.267. The molecule has 1 unspecified atom stereocenters. The number of anilines is 1. The van der Waals surface area contributed by atoms with Crippen LogP contribution in [-0.4, -0.2) is 23.8 Å². The molecule has 19 heavy (non-hydrogen) atoms. The number of amidine groups is 1. The highest BCUT2D eigenvalue weighted by atomic mass is 79.9. The third kappa shape index (κ3) is 4.46. The summed E-state index contributed by atoms with van der Waals surface area (Å²) in [6.45, 7) is -0.588. The molecule has 0 aliphatic carbocycles. The maximum atomic E-state index is 12.7. The zero-order valence-electron chi connectivity index (χ0n) is 9.38. The zero-order valence-corrected chi connectivity index (χ0v) is 11.7. The first-order valence-corrected chi connectivity index (χ1v) is 6.16. The Balaban J connectivity index is 2.85. The number of halogens is 5. The first-order chi connectivity index (χ1) is 8.75. The van der Waals surface area contributed by atoms with Crippen LogP contribution in [-0.2, 0) is 0 Å². The Bertz CT molecular complexity index is 482. The molecule has 1 aromatic carbocycles. The van der Waals surface area contributed by atoms with E-state index in [0.717, 1.165) is 0 Å². The van der Waals surface area contributed by atoms with E-state index in [1.807, 2.05) is 0 Å². The Kier molecular flexibility index (Phi) is 5.30. The molecule has 0 aliphatic heterocycles. The van der Waals surface area contributed by atoms with Crippen molar-refractivity contribution in [1.82, 2.24) is 0 Å². The van der Waals surface area contributed by atoms with Crippen LogP contribution < -0.4 is 11.1 Å². The molecule has 0 aromatic heterocycles. The van der Waals surface area contributed by atoms with Gasteiger partial charge in [0.1, 0.15) is 5.92 Å². The summed E-state index contributed by atoms with van der Waals surface area (Å²) < 4.78 is 38.7. The number of hydrogen-bond donors (Lipinski definition) is 3. The SMILES string of the molecule is N/C(=N/O)C(CNc1cc(Br)ccc1Cl)C(F)(F)F. The molecule has 0 radical (unpaired) electrons. The highest BCUT2D eigenvalue weighted by Crippen LogP contribution is 2.29. The van der Waals surface area contributed by atoms with Crippen molar-refractivity contribution in [2.45, 2.75) is 6.18 Å². The summed E-state index contributed by atoms with van der Waals surface area (Å²) in [7, 11) is 0. The fourth-order valence-corrected chi connectivity index (χ4v) is 1.85. The Labute approximate surface area is 120 Å². The molecule has 0 saturated carbocycles. The number of oxime groups is 1. The van der Waals surface area contributed by atoms with Gasteiger partial charge in [-0.2, -0.15) is 13.2 Å². The molecule has 4 N–H and O–H groups in total. The molecule has 0 fully saturated rings. The molecule has 0 saturated heterocycles. The van der Waals surface area contributed by atoms with Crippen molar-refractivity contribution in [2.24, 2.45) is 16.8 Å². The van der Waals surface area contributed by atoms with Crippen molar-refractivity contribution in [3.8, 4) is 0 Å². The summed E-state index contributed by atoms with van der Waals surface area (Å²) in [5.74, 6) is -3.02. The molecule has 106 valence electrons. The molecule has 1 aromatic rings. The van der Waals surface area contributed by atoms with Gasteiger partial charge < -0.3 is 16.3 Å². The van der Waals surface area contributed by atoms with E-state index >= 15 is 0 Å². The summed E-state index contributed by atoms with van der Waals surface area (Å²) in [6, 6.07) is 4.71. The van der Waals surface area contributed by atoms with Crippen LogP contribution in [0.1, 0.15) is 0 Å². The number of hydrogen-bond acceptors (Lipinski definition) is 3. The van der Waals surface area contributed by atoms with Gasteiger partial charge in [-0.15, -0.1) is 0 Å². The number of nitrogens with zero attached hydrogens (tertiary/aromatic N) is 1. The second-order valence-electron chi connectivity index (χ2n) is 3.62. The van der Waals surface area contributed by atoms with Gasteiger partial charge in [0.05, 0.1) is 10.7 Å². The number of nitrogens with one attached hydrogen (secondary N) is 1. The zero-order chi connectivity index (χ0) is 14.6. The van der Waals surface area contributed by atoms with Crippen LogP contribution in [0, 0.1) is 5.92 Å². The molecule has 0 bridgehead atoms. The Hall–Kier alpha value is -1.15. The lowest BCUT2D eigenvalue weighted by atomic mass is 10.1. The molecular formula is C10H10BrClF3N3O. The van der Waals surface area contributed by atoms with Crippen molar-refractivity contribution in [3.05, 3.63) is 27.7 Å². The van der Waals surface area contributed by atoms with Gasteiger partial charge in [0, 0.05) is 11.0 Å². The van der Waals surface area contributed by atoms with E-state index in [1.165, 1.54) is 12.1 Å². The van der Waals surface area contributed by atoms with E-state index in [-0.39, 0.29) is 5.02 Å². The van der Waals surface area contributed by atoms with Crippen molar-refractivity contribution in [2.75, 3.05) is 11.9 Å². The summed E-state index contributed by atoms with van der Waals surface area (Å²) in [5, 5.41) is 13.6. The lowest BCUT2D eigenvalue weighted by Crippen LogP contribution is -2.40. The average Bonchev–Trinajstić information content (AvgIpc) is 2.31. The van der Waals surface area contributed by atoms with Gasteiger partial charge in [-0.05, 0) is 18.2 Å². The molecular weight excluding hydrogens is 350 g/mol. The molecule has 0 aliphatic rings. The molecule has 0 heterocycles. The standard InChI is InChI=1S/C10H10BrClF3N3O/c11-5-1-2-7(12)8(3-5)17-4-6(9(16)18-19)10(13,14)15/h1-3,6,17,19H,4H2,(H2,16,18). The Morgan fingerprint density at radius 2 is 2.16 bits per heavy atom. The summed E-state index contributed by atoms with van der Waals surface area (Å²) >= 11 is 9.01. The van der Waals surface area contributed by atoms with Gasteiger partial charge in [-0.25, -0.2) is 0 Å². The molecule has 0 spiro atoms. The predicted octanol–water partition coefficient (Wildman–Crippen LogP) is 3.44. The van der Waals surface area contributed by atoms with Gasteiger partial charge >= 0.3 is 6.18 Å². The van der Waals surface area contributed by atoms with Crippen molar-refractivity contribution in [3.63, 3.8) is 0 Å². The van der Waals surface area contributed by atoms with Crippen LogP contribution in [0.25, 0.3) is 0 Å². The first kappa shape index (κ1) is 15.9. The quantitative estimate of drug-likeness (QED) is 0.333. The fraction of sp³-hybridized carbons (Fsp3) is 0.300. The number of benzene rings is 1. The van der Waals surface area contributed by atoms with Gasteiger partial charge in [0.15, 0.2) is 5.84 Å². The van der Waals surface area contributed by atoms with Crippen LogP contribution in [0.3, 0.4) is 0 Å². The van der Waals surface area contributed by atoms with Crippen molar-refractivity contribution < 1.29 is 18.4 Å². The van der Waals surface area contributed by atoms with Gasteiger partial charge in [-0.1, -0.05) is 32.7 Å². The van der Waals surface area contributed by atoms with Gasteiger partial charge in [0.2, 0.25) is 0 Å². The largest absolute Gasteiger partial charge is 0.409 e. The Morgan fingerprint density at radius 1 is 1.53 bits per heavy atom. The van der Waals surface area contributed by atoms with Crippen LogP contribution in [0.15, 0.2) is 27.8 Å². The minimum Gasteiger partial charge on any atom is -0.409 e. The predicted molar refractivity (Wildman–Crippen MR) is 70.6 cm³/mol. The molecule has 4 nitrogen and oxygen atoms in total. The van der Waals surface area contributed by atoms with E-state index in [1.54, 1.807) is 6.07 Å². The summed E-state index contributed by atoms with van der Waals surface area (Å²) in [5.41, 5.74) is 5.35.